The van der Waals surface area contributed by atoms with E-state index in [1.807, 2.05) is 24.3 Å². The number of halogens is 2. The summed E-state index contributed by atoms with van der Waals surface area (Å²) in [6.45, 7) is 1.23. The number of para-hydroxylation sites is 1. The Balaban J connectivity index is 1.65. The molecule has 3 aromatic carbocycles. The molecular formula is C30H33BrFN3O4S. The Labute approximate surface area is 243 Å². The second-order valence-corrected chi connectivity index (χ2v) is 12.8. The zero-order chi connectivity index (χ0) is 28.7. The first-order valence-electron chi connectivity index (χ1n) is 13.3. The van der Waals surface area contributed by atoms with Crippen molar-refractivity contribution in [1.29, 1.82) is 0 Å². The molecule has 0 radical (unpaired) electrons. The molecular weight excluding hydrogens is 597 g/mol. The molecule has 1 N–H and O–H groups in total. The van der Waals surface area contributed by atoms with E-state index in [1.54, 1.807) is 37.3 Å². The molecule has 0 unspecified atom stereocenters. The molecule has 1 atom stereocenters. The Hall–Kier alpha value is -3.24. The third-order valence-corrected chi connectivity index (χ3v) is 9.37. The zero-order valence-corrected chi connectivity index (χ0v) is 24.7. The number of rotatable bonds is 10. The number of anilines is 1. The van der Waals surface area contributed by atoms with Gasteiger partial charge in [-0.05, 0) is 73.9 Å². The van der Waals surface area contributed by atoms with Crippen LogP contribution in [0.25, 0.3) is 0 Å². The molecule has 0 aromatic heterocycles. The molecule has 2 amide bonds. The van der Waals surface area contributed by atoms with Gasteiger partial charge in [-0.2, -0.15) is 0 Å². The van der Waals surface area contributed by atoms with Crippen molar-refractivity contribution in [2.24, 2.45) is 0 Å². The largest absolute Gasteiger partial charge is 0.352 e. The number of hydrogen-bond acceptors (Lipinski definition) is 4. The minimum atomic E-state index is -4.24. The third kappa shape index (κ3) is 7.48. The van der Waals surface area contributed by atoms with Gasteiger partial charge in [-0.25, -0.2) is 12.8 Å². The first-order chi connectivity index (χ1) is 19.1. The lowest BCUT2D eigenvalue weighted by Crippen LogP contribution is -2.53. The highest BCUT2D eigenvalue weighted by Gasteiger charge is 2.33. The van der Waals surface area contributed by atoms with Gasteiger partial charge in [-0.15, -0.1) is 0 Å². The summed E-state index contributed by atoms with van der Waals surface area (Å²) in [4.78, 5) is 28.6. The topological polar surface area (TPSA) is 86.8 Å². The van der Waals surface area contributed by atoms with Gasteiger partial charge in [0, 0.05) is 17.1 Å². The number of nitrogens with zero attached hydrogens (tertiary/aromatic N) is 2. The molecule has 10 heteroatoms. The van der Waals surface area contributed by atoms with Gasteiger partial charge in [0.1, 0.15) is 18.4 Å². The molecule has 4 rings (SSSR count). The minimum absolute atomic E-state index is 0.0613. The first-order valence-corrected chi connectivity index (χ1v) is 15.6. The minimum Gasteiger partial charge on any atom is -0.352 e. The molecule has 212 valence electrons. The molecule has 3 aromatic rings. The number of carbonyl (C=O) groups is 2. The van der Waals surface area contributed by atoms with Crippen molar-refractivity contribution in [3.05, 3.63) is 94.7 Å². The SMILES string of the molecule is C[C@@H](C(=O)NC1CCCCC1)N(Cc1cccc(Br)c1)C(=O)CN(c1ccccc1)S(=O)(=O)c1ccc(F)cc1. The lowest BCUT2D eigenvalue weighted by molar-refractivity contribution is -0.139. The zero-order valence-electron chi connectivity index (χ0n) is 22.3. The fraction of sp³-hybridized carbons (Fsp3) is 0.333. The van der Waals surface area contributed by atoms with Crippen LogP contribution in [-0.4, -0.2) is 43.8 Å². The number of amides is 2. The maximum absolute atomic E-state index is 14.0. The van der Waals surface area contributed by atoms with E-state index in [9.17, 15) is 22.4 Å². The van der Waals surface area contributed by atoms with Gasteiger partial charge in [-0.1, -0.05) is 65.5 Å². The lowest BCUT2D eigenvalue weighted by Gasteiger charge is -2.33. The number of benzene rings is 3. The maximum atomic E-state index is 14.0. The van der Waals surface area contributed by atoms with Crippen molar-refractivity contribution in [3.63, 3.8) is 0 Å². The van der Waals surface area contributed by atoms with Gasteiger partial charge in [0.2, 0.25) is 11.8 Å². The molecule has 1 saturated carbocycles. The average molecular weight is 631 g/mol. The highest BCUT2D eigenvalue weighted by atomic mass is 79.9. The predicted molar refractivity (Wildman–Crippen MR) is 157 cm³/mol. The smallest absolute Gasteiger partial charge is 0.264 e. The van der Waals surface area contributed by atoms with Gasteiger partial charge < -0.3 is 10.2 Å². The summed E-state index contributed by atoms with van der Waals surface area (Å²) >= 11 is 3.45. The first kappa shape index (κ1) is 29.7. The van der Waals surface area contributed by atoms with Gasteiger partial charge in [-0.3, -0.25) is 13.9 Å². The Morgan fingerprint density at radius 2 is 1.65 bits per heavy atom. The number of hydrogen-bond donors (Lipinski definition) is 1. The van der Waals surface area contributed by atoms with E-state index in [-0.39, 0.29) is 29.1 Å². The van der Waals surface area contributed by atoms with Crippen molar-refractivity contribution >= 4 is 43.5 Å². The summed E-state index contributed by atoms with van der Waals surface area (Å²) in [5, 5.41) is 3.09. The van der Waals surface area contributed by atoms with Crippen LogP contribution in [0.3, 0.4) is 0 Å². The fourth-order valence-electron chi connectivity index (χ4n) is 4.84. The molecule has 7 nitrogen and oxygen atoms in total. The van der Waals surface area contributed by atoms with E-state index in [0.29, 0.717) is 0 Å². The number of nitrogens with one attached hydrogen (secondary N) is 1. The number of carbonyl (C=O) groups excluding carboxylic acids is 2. The van der Waals surface area contributed by atoms with Crippen molar-refractivity contribution in [1.82, 2.24) is 10.2 Å². The van der Waals surface area contributed by atoms with Gasteiger partial charge in [0.25, 0.3) is 10.0 Å². The van der Waals surface area contributed by atoms with Crippen molar-refractivity contribution in [2.75, 3.05) is 10.8 Å². The van der Waals surface area contributed by atoms with E-state index in [2.05, 4.69) is 21.2 Å². The van der Waals surface area contributed by atoms with Crippen LogP contribution in [0, 0.1) is 5.82 Å². The molecule has 40 heavy (non-hydrogen) atoms. The van der Waals surface area contributed by atoms with Gasteiger partial charge >= 0.3 is 0 Å². The quantitative estimate of drug-likeness (QED) is 0.314. The van der Waals surface area contributed by atoms with E-state index in [1.165, 1.54) is 17.0 Å². The molecule has 0 spiro atoms. The summed E-state index contributed by atoms with van der Waals surface area (Å²) < 4.78 is 42.8. The van der Waals surface area contributed by atoms with E-state index in [4.69, 9.17) is 0 Å². The second-order valence-electron chi connectivity index (χ2n) is 9.97. The van der Waals surface area contributed by atoms with Crippen molar-refractivity contribution < 1.29 is 22.4 Å². The van der Waals surface area contributed by atoms with Crippen molar-refractivity contribution in [3.8, 4) is 0 Å². The third-order valence-electron chi connectivity index (χ3n) is 7.09. The van der Waals surface area contributed by atoms with Gasteiger partial charge in [0.15, 0.2) is 0 Å². The molecule has 1 aliphatic rings. The Bertz CT molecular complexity index is 1410. The standard InChI is InChI=1S/C30H33BrFN3O4S/c1-22(30(37)33-26-11-4-2-5-12-26)34(20-23-9-8-10-24(31)19-23)29(36)21-35(27-13-6-3-7-14-27)40(38,39)28-17-15-25(32)16-18-28/h3,6-10,13-19,22,26H,2,4-5,11-12,20-21H2,1H3,(H,33,37)/t22-/m0/s1. The van der Waals surface area contributed by atoms with E-state index < -0.39 is 34.3 Å². The number of sulfonamides is 1. The van der Waals surface area contributed by atoms with Gasteiger partial charge in [0.05, 0.1) is 10.6 Å². The Morgan fingerprint density at radius 3 is 2.30 bits per heavy atom. The van der Waals surface area contributed by atoms with Crippen LogP contribution in [0.15, 0.2) is 88.2 Å². The van der Waals surface area contributed by atoms with Crippen LogP contribution < -0.4 is 9.62 Å². The summed E-state index contributed by atoms with van der Waals surface area (Å²) in [6.07, 6.45) is 5.04. The molecule has 0 heterocycles. The van der Waals surface area contributed by atoms with Crippen LogP contribution in [-0.2, 0) is 26.2 Å². The lowest BCUT2D eigenvalue weighted by atomic mass is 9.95. The summed E-state index contributed by atoms with van der Waals surface area (Å²) in [5.74, 6) is -1.39. The van der Waals surface area contributed by atoms with Crippen LogP contribution in [0.5, 0.6) is 0 Å². The molecule has 1 fully saturated rings. The fourth-order valence-corrected chi connectivity index (χ4v) is 6.70. The highest BCUT2D eigenvalue weighted by Crippen LogP contribution is 2.25. The highest BCUT2D eigenvalue weighted by molar-refractivity contribution is 9.10. The summed E-state index contributed by atoms with van der Waals surface area (Å²) in [6, 6.07) is 19.4. The normalized spacial score (nSPS) is 14.8. The molecule has 0 aliphatic heterocycles. The van der Waals surface area contributed by atoms with Crippen LogP contribution in [0.2, 0.25) is 0 Å². The monoisotopic (exact) mass is 629 g/mol. The van der Waals surface area contributed by atoms with Crippen LogP contribution >= 0.6 is 15.9 Å². The van der Waals surface area contributed by atoms with Crippen LogP contribution in [0.4, 0.5) is 10.1 Å². The average Bonchev–Trinajstić information content (AvgIpc) is 2.95. The maximum Gasteiger partial charge on any atom is 0.264 e. The van der Waals surface area contributed by atoms with Crippen LogP contribution in [0.1, 0.15) is 44.6 Å². The molecule has 0 bridgehead atoms. The van der Waals surface area contributed by atoms with E-state index in [0.717, 1.165) is 58.6 Å². The Morgan fingerprint density at radius 1 is 0.975 bits per heavy atom. The summed E-state index contributed by atoms with van der Waals surface area (Å²) in [5.41, 5.74) is 1.06. The molecule has 0 saturated heterocycles. The predicted octanol–water partition coefficient (Wildman–Crippen LogP) is 5.65. The molecule has 1 aliphatic carbocycles. The Kier molecular flexibility index (Phi) is 9.97. The van der Waals surface area contributed by atoms with E-state index >= 15 is 0 Å². The van der Waals surface area contributed by atoms with Crippen molar-refractivity contribution in [2.45, 2.75) is 62.6 Å². The second kappa shape index (κ2) is 13.4. The summed E-state index contributed by atoms with van der Waals surface area (Å²) in [7, 11) is -4.24.